The smallest absolute Gasteiger partial charge is 0.305 e. The second-order valence-electron chi connectivity index (χ2n) is 3.87. The van der Waals surface area contributed by atoms with Crippen molar-refractivity contribution in [3.05, 3.63) is 22.4 Å². The van der Waals surface area contributed by atoms with Crippen LogP contribution in [0.3, 0.4) is 0 Å². The molecule has 1 saturated heterocycles. The normalized spacial score (nSPS) is 20.0. The Morgan fingerprint density at radius 3 is 3.00 bits per heavy atom. The zero-order valence-corrected chi connectivity index (χ0v) is 9.57. The lowest BCUT2D eigenvalue weighted by Crippen LogP contribution is -2.36. The Bertz CT molecular complexity index is 388. The minimum atomic E-state index is -0.837. The molecular weight excluding hydrogens is 226 g/mol. The molecule has 1 unspecified atom stereocenters. The fourth-order valence-corrected chi connectivity index (χ4v) is 2.74. The molecule has 1 amide bonds. The van der Waals surface area contributed by atoms with Crippen molar-refractivity contribution in [2.75, 3.05) is 6.54 Å². The molecule has 16 heavy (non-hydrogen) atoms. The van der Waals surface area contributed by atoms with Crippen molar-refractivity contribution in [1.29, 1.82) is 0 Å². The number of hydrogen-bond donors (Lipinski definition) is 1. The number of carbonyl (C=O) groups excluding carboxylic acids is 1. The lowest BCUT2D eigenvalue weighted by molar-refractivity contribution is -0.137. The van der Waals surface area contributed by atoms with Crippen molar-refractivity contribution < 1.29 is 14.7 Å². The maximum Gasteiger partial charge on any atom is 0.305 e. The summed E-state index contributed by atoms with van der Waals surface area (Å²) in [6.07, 6.45) is 1.75. The lowest BCUT2D eigenvalue weighted by Gasteiger charge is -2.22. The zero-order valence-electron chi connectivity index (χ0n) is 8.76. The second kappa shape index (κ2) is 4.65. The first-order chi connectivity index (χ1) is 7.68. The summed E-state index contributed by atoms with van der Waals surface area (Å²) >= 11 is 1.40. The summed E-state index contributed by atoms with van der Waals surface area (Å²) in [6.45, 7) is 0.675. The standard InChI is InChI=1S/C11H13NO3S/c13-10(14)7-8-3-1-5-12(8)11(15)9-4-2-6-16-9/h2,4,6,8H,1,3,5,7H2,(H,13,14). The van der Waals surface area contributed by atoms with Gasteiger partial charge in [-0.1, -0.05) is 6.07 Å². The lowest BCUT2D eigenvalue weighted by atomic mass is 10.1. The van der Waals surface area contributed by atoms with E-state index < -0.39 is 5.97 Å². The summed E-state index contributed by atoms with van der Waals surface area (Å²) in [5.41, 5.74) is 0. The number of likely N-dealkylation sites (tertiary alicyclic amines) is 1. The Labute approximate surface area is 97.5 Å². The summed E-state index contributed by atoms with van der Waals surface area (Å²) in [5.74, 6) is -0.866. The third-order valence-corrected chi connectivity index (χ3v) is 3.64. The van der Waals surface area contributed by atoms with Gasteiger partial charge in [0.15, 0.2) is 0 Å². The fourth-order valence-electron chi connectivity index (χ4n) is 2.06. The van der Waals surface area contributed by atoms with Gasteiger partial charge in [0.25, 0.3) is 5.91 Å². The number of carboxylic acids is 1. The van der Waals surface area contributed by atoms with Gasteiger partial charge in [0.05, 0.1) is 11.3 Å². The summed E-state index contributed by atoms with van der Waals surface area (Å²) in [5, 5.41) is 10.6. The molecule has 1 aromatic heterocycles. The third kappa shape index (κ3) is 2.24. The van der Waals surface area contributed by atoms with E-state index in [0.717, 1.165) is 12.8 Å². The first-order valence-corrected chi connectivity index (χ1v) is 6.12. The highest BCUT2D eigenvalue weighted by Gasteiger charge is 2.31. The van der Waals surface area contributed by atoms with Crippen LogP contribution in [0.4, 0.5) is 0 Å². The maximum absolute atomic E-state index is 12.0. The molecule has 1 aliphatic heterocycles. The number of amides is 1. The van der Waals surface area contributed by atoms with E-state index in [1.807, 2.05) is 11.4 Å². The van der Waals surface area contributed by atoms with Crippen molar-refractivity contribution in [3.63, 3.8) is 0 Å². The van der Waals surface area contributed by atoms with Crippen LogP contribution in [0.25, 0.3) is 0 Å². The van der Waals surface area contributed by atoms with E-state index >= 15 is 0 Å². The van der Waals surface area contributed by atoms with Crippen LogP contribution in [-0.2, 0) is 4.79 Å². The number of carboxylic acid groups (broad SMARTS) is 1. The quantitative estimate of drug-likeness (QED) is 0.875. The van der Waals surface area contributed by atoms with Gasteiger partial charge in [-0.2, -0.15) is 0 Å². The molecule has 0 spiro atoms. The highest BCUT2D eigenvalue weighted by molar-refractivity contribution is 7.12. The number of carbonyl (C=O) groups is 2. The molecule has 5 heteroatoms. The van der Waals surface area contributed by atoms with Crippen LogP contribution < -0.4 is 0 Å². The average molecular weight is 239 g/mol. The molecule has 1 aromatic rings. The van der Waals surface area contributed by atoms with Gasteiger partial charge in [-0.25, -0.2) is 0 Å². The molecule has 86 valence electrons. The van der Waals surface area contributed by atoms with Crippen LogP contribution in [0.5, 0.6) is 0 Å². The molecule has 0 radical (unpaired) electrons. The van der Waals surface area contributed by atoms with Gasteiger partial charge < -0.3 is 10.0 Å². The Kier molecular flexibility index (Phi) is 3.24. The van der Waals surface area contributed by atoms with Gasteiger partial charge in [0, 0.05) is 12.6 Å². The average Bonchev–Trinajstić information content (AvgIpc) is 2.84. The molecule has 1 atom stereocenters. The molecule has 0 aliphatic carbocycles. The van der Waals surface area contributed by atoms with Gasteiger partial charge in [-0.3, -0.25) is 9.59 Å². The monoisotopic (exact) mass is 239 g/mol. The molecule has 1 aliphatic rings. The molecule has 0 bridgehead atoms. The van der Waals surface area contributed by atoms with Gasteiger partial charge in [0.2, 0.25) is 0 Å². The Morgan fingerprint density at radius 1 is 1.56 bits per heavy atom. The van der Waals surface area contributed by atoms with Crippen LogP contribution in [0.2, 0.25) is 0 Å². The van der Waals surface area contributed by atoms with Crippen molar-refractivity contribution >= 4 is 23.2 Å². The highest BCUT2D eigenvalue weighted by atomic mass is 32.1. The summed E-state index contributed by atoms with van der Waals surface area (Å²) < 4.78 is 0. The zero-order chi connectivity index (χ0) is 11.5. The van der Waals surface area contributed by atoms with Crippen molar-refractivity contribution in [2.24, 2.45) is 0 Å². The second-order valence-corrected chi connectivity index (χ2v) is 4.82. The van der Waals surface area contributed by atoms with Crippen molar-refractivity contribution in [3.8, 4) is 0 Å². The molecule has 4 nitrogen and oxygen atoms in total. The SMILES string of the molecule is O=C(O)CC1CCCN1C(=O)c1cccs1. The molecule has 2 rings (SSSR count). The van der Waals surface area contributed by atoms with Gasteiger partial charge >= 0.3 is 5.97 Å². The number of hydrogen-bond acceptors (Lipinski definition) is 3. The predicted molar refractivity (Wildman–Crippen MR) is 60.6 cm³/mol. The van der Waals surface area contributed by atoms with E-state index in [1.54, 1.807) is 11.0 Å². The minimum absolute atomic E-state index is 0.0289. The van der Waals surface area contributed by atoms with Crippen LogP contribution in [0, 0.1) is 0 Å². The summed E-state index contributed by atoms with van der Waals surface area (Å²) in [6, 6.07) is 3.48. The highest BCUT2D eigenvalue weighted by Crippen LogP contribution is 2.23. The maximum atomic E-state index is 12.0. The first-order valence-electron chi connectivity index (χ1n) is 5.25. The molecule has 1 N–H and O–H groups in total. The Balaban J connectivity index is 2.08. The topological polar surface area (TPSA) is 57.6 Å². The van der Waals surface area contributed by atoms with Gasteiger partial charge in [0.1, 0.15) is 0 Å². The van der Waals surface area contributed by atoms with E-state index in [4.69, 9.17) is 5.11 Å². The number of aliphatic carboxylic acids is 1. The first kappa shape index (κ1) is 11.1. The molecule has 2 heterocycles. The van der Waals surface area contributed by atoms with Crippen LogP contribution in [0.1, 0.15) is 28.9 Å². The van der Waals surface area contributed by atoms with E-state index in [1.165, 1.54) is 11.3 Å². The molecule has 0 aromatic carbocycles. The van der Waals surface area contributed by atoms with Gasteiger partial charge in [-0.15, -0.1) is 11.3 Å². The van der Waals surface area contributed by atoms with E-state index in [0.29, 0.717) is 11.4 Å². The van der Waals surface area contributed by atoms with Crippen LogP contribution in [-0.4, -0.2) is 34.5 Å². The molecular formula is C11H13NO3S. The third-order valence-electron chi connectivity index (χ3n) is 2.78. The predicted octanol–water partition coefficient (Wildman–Crippen LogP) is 1.83. The number of rotatable bonds is 3. The van der Waals surface area contributed by atoms with E-state index in [2.05, 4.69) is 0 Å². The Hall–Kier alpha value is -1.36. The minimum Gasteiger partial charge on any atom is -0.481 e. The van der Waals surface area contributed by atoms with E-state index in [-0.39, 0.29) is 18.4 Å². The molecule has 0 saturated carbocycles. The van der Waals surface area contributed by atoms with E-state index in [9.17, 15) is 9.59 Å². The summed E-state index contributed by atoms with van der Waals surface area (Å²) in [7, 11) is 0. The number of nitrogens with zero attached hydrogens (tertiary/aromatic N) is 1. The molecule has 1 fully saturated rings. The Morgan fingerprint density at radius 2 is 2.38 bits per heavy atom. The fraction of sp³-hybridized carbons (Fsp3) is 0.455. The van der Waals surface area contributed by atoms with Crippen LogP contribution >= 0.6 is 11.3 Å². The van der Waals surface area contributed by atoms with Crippen molar-refractivity contribution in [1.82, 2.24) is 4.90 Å². The van der Waals surface area contributed by atoms with Gasteiger partial charge in [-0.05, 0) is 24.3 Å². The number of thiophene rings is 1. The largest absolute Gasteiger partial charge is 0.481 e. The summed E-state index contributed by atoms with van der Waals surface area (Å²) in [4.78, 5) is 25.1. The van der Waals surface area contributed by atoms with Crippen LogP contribution in [0.15, 0.2) is 17.5 Å². The van der Waals surface area contributed by atoms with Crippen molar-refractivity contribution in [2.45, 2.75) is 25.3 Å².